The molecule has 1 amide bonds. The zero-order valence-corrected chi connectivity index (χ0v) is 26.4. The van der Waals surface area contributed by atoms with Crippen LogP contribution in [-0.4, -0.2) is 57.6 Å². The summed E-state index contributed by atoms with van der Waals surface area (Å²) in [5.74, 6) is 1.36. The van der Waals surface area contributed by atoms with E-state index in [4.69, 9.17) is 15.0 Å². The summed E-state index contributed by atoms with van der Waals surface area (Å²) in [5, 5.41) is 6.37. The highest BCUT2D eigenvalue weighted by Crippen LogP contribution is 2.34. The fraction of sp³-hybridized carbons (Fsp3) is 0.455. The standard InChI is InChI=1S/C33H44N8O/c1-21(2)40-20-35-28-27(40)29(36-26-18-24(32(4,5)6)13-10-22(26)3)38-31(37-28)39-16-17-41(33(7,8)19-39)25-14-11-23(12-15-25)30(42)34-9/h10-15,18,20-21H,16-17,19H2,1-9H3,(H,34,42)(H,36,37,38). The topological polar surface area (TPSA) is 91.2 Å². The third-order valence-electron chi connectivity index (χ3n) is 8.18. The van der Waals surface area contributed by atoms with Crippen LogP contribution in [0.3, 0.4) is 0 Å². The van der Waals surface area contributed by atoms with Crippen molar-refractivity contribution in [3.63, 3.8) is 0 Å². The average Bonchev–Trinajstić information content (AvgIpc) is 3.37. The fourth-order valence-corrected chi connectivity index (χ4v) is 5.65. The van der Waals surface area contributed by atoms with Gasteiger partial charge in [-0.25, -0.2) is 4.98 Å². The summed E-state index contributed by atoms with van der Waals surface area (Å²) in [6.07, 6.45) is 1.86. The van der Waals surface area contributed by atoms with Crippen LogP contribution in [0.15, 0.2) is 48.8 Å². The Balaban J connectivity index is 1.49. The lowest BCUT2D eigenvalue weighted by molar-refractivity contribution is 0.0963. The zero-order chi connectivity index (χ0) is 30.4. The number of rotatable bonds is 6. The number of piperazine rings is 1. The van der Waals surface area contributed by atoms with Gasteiger partial charge in [0.2, 0.25) is 5.95 Å². The lowest BCUT2D eigenvalue weighted by Crippen LogP contribution is -2.60. The molecule has 1 aliphatic rings. The minimum absolute atomic E-state index is 0.0317. The smallest absolute Gasteiger partial charge is 0.251 e. The predicted molar refractivity (Wildman–Crippen MR) is 172 cm³/mol. The molecule has 0 spiro atoms. The summed E-state index contributed by atoms with van der Waals surface area (Å²) >= 11 is 0. The Hall–Kier alpha value is -4.14. The van der Waals surface area contributed by atoms with Crippen LogP contribution in [0.2, 0.25) is 0 Å². The third kappa shape index (κ3) is 5.65. The second-order valence-electron chi connectivity index (χ2n) is 13.2. The molecule has 9 nitrogen and oxygen atoms in total. The number of hydrogen-bond acceptors (Lipinski definition) is 7. The van der Waals surface area contributed by atoms with Gasteiger partial charge in [-0.3, -0.25) is 4.79 Å². The summed E-state index contributed by atoms with van der Waals surface area (Å²) in [5.41, 5.74) is 6.63. The molecule has 0 saturated carbocycles. The number of imidazole rings is 1. The predicted octanol–water partition coefficient (Wildman–Crippen LogP) is 6.22. The van der Waals surface area contributed by atoms with Crippen molar-refractivity contribution < 1.29 is 4.79 Å². The Kier molecular flexibility index (Phi) is 7.64. The molecule has 9 heteroatoms. The van der Waals surface area contributed by atoms with E-state index >= 15 is 0 Å². The molecule has 1 fully saturated rings. The highest BCUT2D eigenvalue weighted by Gasteiger charge is 2.35. The molecule has 42 heavy (non-hydrogen) atoms. The molecule has 5 rings (SSSR count). The number of hydrogen-bond donors (Lipinski definition) is 2. The van der Waals surface area contributed by atoms with Gasteiger partial charge in [-0.05, 0) is 81.5 Å². The number of carbonyl (C=O) groups is 1. The molecule has 4 aromatic rings. The molecular formula is C33H44N8O. The van der Waals surface area contributed by atoms with Crippen LogP contribution in [0, 0.1) is 6.92 Å². The van der Waals surface area contributed by atoms with Crippen molar-refractivity contribution in [2.24, 2.45) is 0 Å². The van der Waals surface area contributed by atoms with Crippen LogP contribution in [-0.2, 0) is 5.41 Å². The van der Waals surface area contributed by atoms with Crippen molar-refractivity contribution in [3.05, 3.63) is 65.5 Å². The first kappa shape index (κ1) is 29.4. The summed E-state index contributed by atoms with van der Waals surface area (Å²) < 4.78 is 2.13. The molecule has 2 N–H and O–H groups in total. The zero-order valence-electron chi connectivity index (χ0n) is 26.4. The number of nitrogens with one attached hydrogen (secondary N) is 2. The first-order valence-electron chi connectivity index (χ1n) is 14.8. The van der Waals surface area contributed by atoms with Gasteiger partial charge in [0.05, 0.1) is 11.9 Å². The SMILES string of the molecule is CNC(=O)c1ccc(N2CCN(c3nc(Nc4cc(C(C)(C)C)ccc4C)c4c(ncn4C(C)C)n3)CC2(C)C)cc1. The molecule has 222 valence electrons. The number of anilines is 4. The summed E-state index contributed by atoms with van der Waals surface area (Å²) in [6.45, 7) is 19.9. The van der Waals surface area contributed by atoms with E-state index in [2.05, 4.69) is 98.6 Å². The van der Waals surface area contributed by atoms with Gasteiger partial charge < -0.3 is 25.0 Å². The number of carbonyl (C=O) groups excluding carboxylic acids is 1. The molecule has 0 unspecified atom stereocenters. The van der Waals surface area contributed by atoms with E-state index in [0.717, 1.165) is 47.9 Å². The van der Waals surface area contributed by atoms with Crippen molar-refractivity contribution >= 4 is 40.2 Å². The van der Waals surface area contributed by atoms with E-state index in [-0.39, 0.29) is 22.9 Å². The van der Waals surface area contributed by atoms with E-state index in [1.807, 2.05) is 30.6 Å². The monoisotopic (exact) mass is 568 g/mol. The van der Waals surface area contributed by atoms with E-state index in [1.165, 1.54) is 5.56 Å². The van der Waals surface area contributed by atoms with Gasteiger partial charge in [-0.1, -0.05) is 32.9 Å². The largest absolute Gasteiger partial charge is 0.363 e. The number of amides is 1. The van der Waals surface area contributed by atoms with E-state index in [9.17, 15) is 4.79 Å². The molecule has 2 aromatic heterocycles. The molecule has 0 radical (unpaired) electrons. The Morgan fingerprint density at radius 3 is 2.36 bits per heavy atom. The molecule has 1 saturated heterocycles. The Bertz CT molecular complexity index is 1600. The lowest BCUT2D eigenvalue weighted by Gasteiger charge is -2.48. The third-order valence-corrected chi connectivity index (χ3v) is 8.18. The average molecular weight is 569 g/mol. The van der Waals surface area contributed by atoms with Crippen LogP contribution in [0.4, 0.5) is 23.1 Å². The van der Waals surface area contributed by atoms with Gasteiger partial charge in [0.25, 0.3) is 5.91 Å². The quantitative estimate of drug-likeness (QED) is 0.285. The minimum Gasteiger partial charge on any atom is -0.363 e. The molecule has 2 aromatic carbocycles. The maximum Gasteiger partial charge on any atom is 0.251 e. The van der Waals surface area contributed by atoms with Crippen LogP contribution in [0.5, 0.6) is 0 Å². The molecular weight excluding hydrogens is 524 g/mol. The highest BCUT2D eigenvalue weighted by atomic mass is 16.1. The van der Waals surface area contributed by atoms with Crippen LogP contribution in [0.25, 0.3) is 11.2 Å². The Morgan fingerprint density at radius 2 is 1.74 bits per heavy atom. The van der Waals surface area contributed by atoms with Gasteiger partial charge in [-0.15, -0.1) is 0 Å². The Morgan fingerprint density at radius 1 is 1.02 bits per heavy atom. The van der Waals surface area contributed by atoms with Crippen molar-refractivity contribution in [3.8, 4) is 0 Å². The van der Waals surface area contributed by atoms with Gasteiger partial charge in [0, 0.05) is 49.7 Å². The molecule has 0 atom stereocenters. The van der Waals surface area contributed by atoms with Gasteiger partial charge in [-0.2, -0.15) is 9.97 Å². The van der Waals surface area contributed by atoms with Gasteiger partial charge in [0.1, 0.15) is 5.52 Å². The van der Waals surface area contributed by atoms with Gasteiger partial charge >= 0.3 is 0 Å². The normalized spacial score (nSPS) is 15.4. The molecule has 0 bridgehead atoms. The second-order valence-corrected chi connectivity index (χ2v) is 13.2. The van der Waals surface area contributed by atoms with E-state index in [1.54, 1.807) is 7.05 Å². The van der Waals surface area contributed by atoms with Crippen molar-refractivity contribution in [1.82, 2.24) is 24.8 Å². The summed E-state index contributed by atoms with van der Waals surface area (Å²) in [6, 6.07) is 14.6. The number of nitrogens with zero attached hydrogens (tertiary/aromatic N) is 6. The number of aryl methyl sites for hydroxylation is 1. The van der Waals surface area contributed by atoms with E-state index in [0.29, 0.717) is 17.2 Å². The number of benzene rings is 2. The first-order chi connectivity index (χ1) is 19.8. The van der Waals surface area contributed by atoms with Crippen LogP contribution < -0.4 is 20.4 Å². The van der Waals surface area contributed by atoms with E-state index < -0.39 is 0 Å². The maximum atomic E-state index is 12.0. The second kappa shape index (κ2) is 10.9. The molecule has 0 aliphatic carbocycles. The summed E-state index contributed by atoms with van der Waals surface area (Å²) in [7, 11) is 1.65. The van der Waals surface area contributed by atoms with Crippen molar-refractivity contribution in [1.29, 1.82) is 0 Å². The maximum absolute atomic E-state index is 12.0. The molecule has 3 heterocycles. The number of aromatic nitrogens is 4. The summed E-state index contributed by atoms with van der Waals surface area (Å²) in [4.78, 5) is 31.5. The lowest BCUT2D eigenvalue weighted by atomic mass is 9.86. The Labute approximate surface area is 249 Å². The van der Waals surface area contributed by atoms with Crippen LogP contribution in [0.1, 0.15) is 76.0 Å². The highest BCUT2D eigenvalue weighted by molar-refractivity contribution is 5.94. The minimum atomic E-state index is -0.201. The van der Waals surface area contributed by atoms with Crippen molar-refractivity contribution in [2.45, 2.75) is 72.4 Å². The number of fused-ring (bicyclic) bond motifs is 1. The van der Waals surface area contributed by atoms with Gasteiger partial charge in [0.15, 0.2) is 11.5 Å². The molecule has 1 aliphatic heterocycles. The first-order valence-corrected chi connectivity index (χ1v) is 14.8. The van der Waals surface area contributed by atoms with Crippen molar-refractivity contribution in [2.75, 3.05) is 41.8 Å². The fourth-order valence-electron chi connectivity index (χ4n) is 5.65. The van der Waals surface area contributed by atoms with Crippen LogP contribution >= 0.6 is 0 Å².